The molecular formula is C13H7BrF12O3. The Bertz CT molecular complexity index is 675. The molecule has 0 saturated heterocycles. The molecule has 0 aliphatic rings. The topological polar surface area (TPSA) is 49.7 Å². The number of ether oxygens (including phenoxy) is 1. The number of benzene rings is 1. The summed E-state index contributed by atoms with van der Waals surface area (Å²) in [6, 6.07) is -0.552. The number of hydrogen-bond donors (Lipinski definition) is 2. The molecular weight excluding hydrogens is 512 g/mol. The number of hydrogen-bond acceptors (Lipinski definition) is 3. The lowest BCUT2D eigenvalue weighted by Crippen LogP contribution is -2.56. The molecule has 0 aromatic heterocycles. The molecule has 0 bridgehead atoms. The van der Waals surface area contributed by atoms with Gasteiger partial charge >= 0.3 is 24.7 Å². The Labute approximate surface area is 161 Å². The molecule has 0 atom stereocenters. The first-order valence-corrected chi connectivity index (χ1v) is 7.46. The Morgan fingerprint density at radius 3 is 1.07 bits per heavy atom. The van der Waals surface area contributed by atoms with Gasteiger partial charge in [-0.15, -0.1) is 0 Å². The number of rotatable bonds is 3. The van der Waals surface area contributed by atoms with Gasteiger partial charge < -0.3 is 14.9 Å². The van der Waals surface area contributed by atoms with Gasteiger partial charge in [0.1, 0.15) is 5.75 Å². The second-order valence-electron chi connectivity index (χ2n) is 5.45. The zero-order valence-electron chi connectivity index (χ0n) is 13.4. The van der Waals surface area contributed by atoms with E-state index in [1.54, 1.807) is 0 Å². The largest absolute Gasteiger partial charge is 0.497 e. The molecule has 29 heavy (non-hydrogen) atoms. The zero-order valence-corrected chi connectivity index (χ0v) is 15.0. The van der Waals surface area contributed by atoms with Crippen LogP contribution in [-0.4, -0.2) is 42.0 Å². The lowest BCUT2D eigenvalue weighted by molar-refractivity contribution is -0.378. The molecule has 168 valence electrons. The third-order valence-electron chi connectivity index (χ3n) is 3.70. The standard InChI is InChI=1S/C13H7BrF12O3/c1-29-4-2-5(8(27,10(15,16)17)11(18,19)20)7(14)6(3-4)9(28,12(21,22)23)13(24,25)26/h2-3,27-28H,1H3. The molecule has 16 heteroatoms. The SMILES string of the molecule is COc1cc(C(O)(C(F)(F)F)C(F)(F)F)c(Br)c(C(O)(C(F)(F)F)C(F)(F)F)c1. The van der Waals surface area contributed by atoms with Crippen LogP contribution in [0.4, 0.5) is 52.7 Å². The van der Waals surface area contributed by atoms with E-state index >= 15 is 0 Å². The van der Waals surface area contributed by atoms with Crippen molar-refractivity contribution in [2.75, 3.05) is 7.11 Å². The Morgan fingerprint density at radius 2 is 0.897 bits per heavy atom. The smallest absolute Gasteiger partial charge is 0.430 e. The van der Waals surface area contributed by atoms with Crippen LogP contribution in [0, 0.1) is 0 Å². The average molecular weight is 519 g/mol. The van der Waals surface area contributed by atoms with Crippen molar-refractivity contribution in [2.45, 2.75) is 35.9 Å². The first-order chi connectivity index (χ1) is 12.6. The molecule has 0 aliphatic heterocycles. The van der Waals surface area contributed by atoms with Crippen LogP contribution in [0.5, 0.6) is 5.75 Å². The quantitative estimate of drug-likeness (QED) is 0.548. The van der Waals surface area contributed by atoms with Crippen LogP contribution < -0.4 is 4.74 Å². The highest BCUT2D eigenvalue weighted by atomic mass is 79.9. The minimum absolute atomic E-state index is 0.276. The van der Waals surface area contributed by atoms with Gasteiger partial charge in [-0.2, -0.15) is 52.7 Å². The molecule has 0 fully saturated rings. The van der Waals surface area contributed by atoms with Crippen LogP contribution in [0.15, 0.2) is 16.6 Å². The van der Waals surface area contributed by atoms with Gasteiger partial charge in [-0.3, -0.25) is 0 Å². The molecule has 0 spiro atoms. The van der Waals surface area contributed by atoms with Crippen LogP contribution in [0.1, 0.15) is 11.1 Å². The van der Waals surface area contributed by atoms with E-state index in [9.17, 15) is 62.9 Å². The average Bonchev–Trinajstić information content (AvgIpc) is 2.49. The van der Waals surface area contributed by atoms with Crippen molar-refractivity contribution in [3.8, 4) is 5.75 Å². The maximum absolute atomic E-state index is 13.1. The van der Waals surface area contributed by atoms with Gasteiger partial charge in [0.05, 0.1) is 7.11 Å². The maximum Gasteiger partial charge on any atom is 0.430 e. The van der Waals surface area contributed by atoms with Gasteiger partial charge in [-0.05, 0) is 28.1 Å². The second-order valence-corrected chi connectivity index (χ2v) is 6.24. The fourth-order valence-corrected chi connectivity index (χ4v) is 2.98. The lowest BCUT2D eigenvalue weighted by atomic mass is 9.85. The fraction of sp³-hybridized carbons (Fsp3) is 0.538. The molecule has 1 aromatic rings. The van der Waals surface area contributed by atoms with Gasteiger partial charge in [0.2, 0.25) is 0 Å². The molecule has 2 N–H and O–H groups in total. The summed E-state index contributed by atoms with van der Waals surface area (Å²) >= 11 is 1.81. The fourth-order valence-electron chi connectivity index (χ4n) is 2.17. The van der Waals surface area contributed by atoms with Gasteiger partial charge in [0, 0.05) is 15.6 Å². The third kappa shape index (κ3) is 3.85. The monoisotopic (exact) mass is 518 g/mol. The van der Waals surface area contributed by atoms with E-state index in [2.05, 4.69) is 4.74 Å². The summed E-state index contributed by atoms with van der Waals surface area (Å²) in [7, 11) is 0.497. The van der Waals surface area contributed by atoms with Crippen LogP contribution in [0.25, 0.3) is 0 Å². The predicted molar refractivity (Wildman–Crippen MR) is 72.7 cm³/mol. The molecule has 0 unspecified atom stereocenters. The minimum atomic E-state index is -6.65. The first kappa shape index (κ1) is 25.6. The second kappa shape index (κ2) is 7.08. The van der Waals surface area contributed by atoms with E-state index in [1.807, 2.05) is 15.9 Å². The van der Waals surface area contributed by atoms with Gasteiger partial charge in [0.25, 0.3) is 11.2 Å². The van der Waals surface area contributed by atoms with E-state index in [1.165, 1.54) is 0 Å². The van der Waals surface area contributed by atoms with Gasteiger partial charge in [0.15, 0.2) is 0 Å². The highest BCUT2D eigenvalue weighted by Crippen LogP contribution is 2.57. The first-order valence-electron chi connectivity index (χ1n) is 6.67. The van der Waals surface area contributed by atoms with Gasteiger partial charge in [-0.25, -0.2) is 0 Å². The van der Waals surface area contributed by atoms with Crippen LogP contribution in [-0.2, 0) is 11.2 Å². The molecule has 0 radical (unpaired) electrons. The number of methoxy groups -OCH3 is 1. The molecule has 1 aromatic carbocycles. The summed E-state index contributed by atoms with van der Waals surface area (Å²) in [5.74, 6) is -1.38. The minimum Gasteiger partial charge on any atom is -0.497 e. The third-order valence-corrected chi connectivity index (χ3v) is 4.56. The van der Waals surface area contributed by atoms with E-state index in [4.69, 9.17) is 0 Å². The highest BCUT2D eigenvalue weighted by molar-refractivity contribution is 9.10. The lowest BCUT2D eigenvalue weighted by Gasteiger charge is -2.37. The summed E-state index contributed by atoms with van der Waals surface area (Å²) in [4.78, 5) is 0. The summed E-state index contributed by atoms with van der Waals surface area (Å²) < 4.78 is 159. The molecule has 0 aliphatic carbocycles. The van der Waals surface area contributed by atoms with E-state index in [-0.39, 0.29) is 12.1 Å². The Kier molecular flexibility index (Phi) is 6.25. The van der Waals surface area contributed by atoms with Crippen LogP contribution in [0.3, 0.4) is 0 Å². The summed E-state index contributed by atoms with van der Waals surface area (Å²) in [6.45, 7) is 0. The molecule has 0 amide bonds. The number of halogens is 13. The van der Waals surface area contributed by atoms with Crippen molar-refractivity contribution < 1.29 is 67.6 Å². The maximum atomic E-state index is 13.1. The molecule has 3 nitrogen and oxygen atoms in total. The number of aliphatic hydroxyl groups is 2. The normalized spacial score (nSPS) is 14.9. The van der Waals surface area contributed by atoms with Crippen molar-refractivity contribution >= 4 is 15.9 Å². The van der Waals surface area contributed by atoms with Gasteiger partial charge in [-0.1, -0.05) is 0 Å². The summed E-state index contributed by atoms with van der Waals surface area (Å²) in [6.07, 6.45) is -26.6. The van der Waals surface area contributed by atoms with Crippen molar-refractivity contribution in [1.29, 1.82) is 0 Å². The predicted octanol–water partition coefficient (Wildman–Crippen LogP) is 5.08. The van der Waals surface area contributed by atoms with E-state index < -0.39 is 57.3 Å². The van der Waals surface area contributed by atoms with Crippen molar-refractivity contribution in [3.05, 3.63) is 27.7 Å². The highest BCUT2D eigenvalue weighted by Gasteiger charge is 2.75. The molecule has 0 heterocycles. The Balaban J connectivity index is 4.19. The van der Waals surface area contributed by atoms with Crippen molar-refractivity contribution in [2.24, 2.45) is 0 Å². The Hall–Kier alpha value is -1.42. The van der Waals surface area contributed by atoms with E-state index in [0.717, 1.165) is 0 Å². The van der Waals surface area contributed by atoms with Crippen LogP contribution >= 0.6 is 15.9 Å². The summed E-state index contributed by atoms with van der Waals surface area (Å²) in [5.41, 5.74) is -16.9. The van der Waals surface area contributed by atoms with Crippen LogP contribution in [0.2, 0.25) is 0 Å². The van der Waals surface area contributed by atoms with E-state index in [0.29, 0.717) is 7.11 Å². The molecule has 0 saturated carbocycles. The number of alkyl halides is 12. The summed E-state index contributed by atoms with van der Waals surface area (Å²) in [5, 5.41) is 18.7. The molecule has 1 rings (SSSR count). The zero-order chi connectivity index (χ0) is 23.4. The Morgan fingerprint density at radius 1 is 0.655 bits per heavy atom. The van der Waals surface area contributed by atoms with Crippen molar-refractivity contribution in [3.63, 3.8) is 0 Å². The van der Waals surface area contributed by atoms with Crippen molar-refractivity contribution in [1.82, 2.24) is 0 Å².